The van der Waals surface area contributed by atoms with E-state index in [1.54, 1.807) is 6.07 Å². The molecule has 0 radical (unpaired) electrons. The summed E-state index contributed by atoms with van der Waals surface area (Å²) in [5.41, 5.74) is 0.954. The van der Waals surface area contributed by atoms with Crippen molar-refractivity contribution in [3.05, 3.63) is 28.8 Å². The maximum atomic E-state index is 9.88. The van der Waals surface area contributed by atoms with Gasteiger partial charge in [0.05, 0.1) is 12.7 Å². The second-order valence-corrected chi connectivity index (χ2v) is 5.46. The maximum absolute atomic E-state index is 9.88. The first-order valence-electron chi connectivity index (χ1n) is 6.91. The highest BCUT2D eigenvalue weighted by Crippen LogP contribution is 2.22. The van der Waals surface area contributed by atoms with Gasteiger partial charge in [0.15, 0.2) is 0 Å². The lowest BCUT2D eigenvalue weighted by atomic mass is 10.1. The molecule has 1 aromatic carbocycles. The predicted molar refractivity (Wildman–Crippen MR) is 77.5 cm³/mol. The Kier molecular flexibility index (Phi) is 6.10. The summed E-state index contributed by atoms with van der Waals surface area (Å²) in [5, 5.41) is 10.6. The van der Waals surface area contributed by atoms with E-state index in [4.69, 9.17) is 25.8 Å². The molecule has 5 heteroatoms. The Balaban J connectivity index is 1.70. The largest absolute Gasteiger partial charge is 0.491 e. The zero-order chi connectivity index (χ0) is 14.4. The van der Waals surface area contributed by atoms with Gasteiger partial charge in [0, 0.05) is 18.2 Å². The fraction of sp³-hybridized carbons (Fsp3) is 0.600. The molecule has 1 aliphatic rings. The Labute approximate surface area is 124 Å². The molecular formula is C15H21ClO4. The molecule has 1 fully saturated rings. The van der Waals surface area contributed by atoms with Gasteiger partial charge in [-0.05, 0) is 43.5 Å². The van der Waals surface area contributed by atoms with Gasteiger partial charge < -0.3 is 19.3 Å². The molecule has 1 unspecified atom stereocenters. The van der Waals surface area contributed by atoms with Crippen LogP contribution in [0.3, 0.4) is 0 Å². The summed E-state index contributed by atoms with van der Waals surface area (Å²) < 4.78 is 16.5. The molecule has 0 amide bonds. The Morgan fingerprint density at radius 1 is 1.35 bits per heavy atom. The van der Waals surface area contributed by atoms with E-state index in [1.807, 2.05) is 19.1 Å². The lowest BCUT2D eigenvalue weighted by Crippen LogP contribution is -2.30. The summed E-state index contributed by atoms with van der Waals surface area (Å²) in [7, 11) is 0. The van der Waals surface area contributed by atoms with Gasteiger partial charge in [0.2, 0.25) is 0 Å². The van der Waals surface area contributed by atoms with E-state index in [-0.39, 0.29) is 19.3 Å². The van der Waals surface area contributed by atoms with Crippen molar-refractivity contribution in [3.63, 3.8) is 0 Å². The van der Waals surface area contributed by atoms with Crippen molar-refractivity contribution in [1.82, 2.24) is 0 Å². The van der Waals surface area contributed by atoms with Crippen LogP contribution in [0.5, 0.6) is 5.75 Å². The molecule has 1 saturated heterocycles. The van der Waals surface area contributed by atoms with Gasteiger partial charge in [-0.2, -0.15) is 0 Å². The zero-order valence-electron chi connectivity index (χ0n) is 11.7. The summed E-state index contributed by atoms with van der Waals surface area (Å²) in [5.74, 6) is 0.736. The van der Waals surface area contributed by atoms with Gasteiger partial charge in [-0.1, -0.05) is 11.6 Å². The number of aliphatic hydroxyl groups is 1. The van der Waals surface area contributed by atoms with E-state index in [1.165, 1.54) is 0 Å². The Bertz CT molecular complexity index is 418. The number of hydrogen-bond donors (Lipinski definition) is 1. The van der Waals surface area contributed by atoms with Crippen molar-refractivity contribution in [1.29, 1.82) is 0 Å². The van der Waals surface area contributed by atoms with E-state index in [0.717, 1.165) is 37.4 Å². The average molecular weight is 301 g/mol. The molecule has 1 N–H and O–H groups in total. The SMILES string of the molecule is Cc1cc(Cl)ccc1OCC(O)COC1CCOCC1. The van der Waals surface area contributed by atoms with Crippen molar-refractivity contribution in [2.45, 2.75) is 32.0 Å². The van der Waals surface area contributed by atoms with Crippen molar-refractivity contribution in [2.75, 3.05) is 26.4 Å². The number of aryl methyl sites for hydroxylation is 1. The van der Waals surface area contributed by atoms with Gasteiger partial charge in [-0.25, -0.2) is 0 Å². The fourth-order valence-corrected chi connectivity index (χ4v) is 2.33. The Morgan fingerprint density at radius 2 is 2.10 bits per heavy atom. The van der Waals surface area contributed by atoms with Crippen LogP contribution < -0.4 is 4.74 Å². The molecule has 4 nitrogen and oxygen atoms in total. The van der Waals surface area contributed by atoms with E-state index in [0.29, 0.717) is 5.02 Å². The third kappa shape index (κ3) is 4.94. The molecule has 0 aromatic heterocycles. The van der Waals surface area contributed by atoms with Crippen LogP contribution in [-0.4, -0.2) is 43.7 Å². The smallest absolute Gasteiger partial charge is 0.122 e. The summed E-state index contributed by atoms with van der Waals surface area (Å²) in [6.45, 7) is 3.90. The van der Waals surface area contributed by atoms with Crippen LogP contribution in [0, 0.1) is 6.92 Å². The summed E-state index contributed by atoms with van der Waals surface area (Å²) in [4.78, 5) is 0. The molecule has 1 heterocycles. The van der Waals surface area contributed by atoms with Gasteiger partial charge >= 0.3 is 0 Å². The Morgan fingerprint density at radius 3 is 2.80 bits per heavy atom. The minimum atomic E-state index is -0.632. The molecule has 1 aromatic rings. The van der Waals surface area contributed by atoms with Crippen LogP contribution in [0.4, 0.5) is 0 Å². The van der Waals surface area contributed by atoms with E-state index < -0.39 is 6.10 Å². The fourth-order valence-electron chi connectivity index (χ4n) is 2.10. The topological polar surface area (TPSA) is 47.9 Å². The van der Waals surface area contributed by atoms with Crippen LogP contribution in [0.2, 0.25) is 5.02 Å². The minimum Gasteiger partial charge on any atom is -0.491 e. The highest BCUT2D eigenvalue weighted by Gasteiger charge is 2.16. The first-order chi connectivity index (χ1) is 9.65. The zero-order valence-corrected chi connectivity index (χ0v) is 12.4. The van der Waals surface area contributed by atoms with Crippen LogP contribution in [0.25, 0.3) is 0 Å². The van der Waals surface area contributed by atoms with Crippen molar-refractivity contribution < 1.29 is 19.3 Å². The monoisotopic (exact) mass is 300 g/mol. The lowest BCUT2D eigenvalue weighted by molar-refractivity contribution is -0.0659. The molecule has 0 saturated carbocycles. The molecule has 20 heavy (non-hydrogen) atoms. The number of halogens is 1. The Hall–Kier alpha value is -0.810. The molecule has 0 bridgehead atoms. The van der Waals surface area contributed by atoms with E-state index in [9.17, 15) is 5.11 Å². The minimum absolute atomic E-state index is 0.190. The molecule has 112 valence electrons. The number of rotatable bonds is 6. The maximum Gasteiger partial charge on any atom is 0.122 e. The quantitative estimate of drug-likeness (QED) is 0.877. The van der Waals surface area contributed by atoms with Crippen molar-refractivity contribution in [2.24, 2.45) is 0 Å². The number of hydrogen-bond acceptors (Lipinski definition) is 4. The molecular weight excluding hydrogens is 280 g/mol. The van der Waals surface area contributed by atoms with Gasteiger partial charge in [0.1, 0.15) is 18.5 Å². The average Bonchev–Trinajstić information content (AvgIpc) is 2.45. The summed E-state index contributed by atoms with van der Waals surface area (Å²) in [6.07, 6.45) is 1.34. The van der Waals surface area contributed by atoms with Crippen molar-refractivity contribution >= 4 is 11.6 Å². The van der Waals surface area contributed by atoms with Gasteiger partial charge in [-0.3, -0.25) is 0 Å². The van der Waals surface area contributed by atoms with Crippen LogP contribution in [0.1, 0.15) is 18.4 Å². The predicted octanol–water partition coefficient (Wildman–Crippen LogP) is 2.58. The van der Waals surface area contributed by atoms with Crippen LogP contribution >= 0.6 is 11.6 Å². The molecule has 0 aliphatic carbocycles. The molecule has 2 rings (SSSR count). The molecule has 1 aliphatic heterocycles. The number of ether oxygens (including phenoxy) is 3. The van der Waals surface area contributed by atoms with Crippen molar-refractivity contribution in [3.8, 4) is 5.75 Å². The highest BCUT2D eigenvalue weighted by molar-refractivity contribution is 6.30. The van der Waals surface area contributed by atoms with Crippen LogP contribution in [0.15, 0.2) is 18.2 Å². The van der Waals surface area contributed by atoms with Crippen LogP contribution in [-0.2, 0) is 9.47 Å². The van der Waals surface area contributed by atoms with E-state index >= 15 is 0 Å². The summed E-state index contributed by atoms with van der Waals surface area (Å²) >= 11 is 5.88. The number of aliphatic hydroxyl groups excluding tert-OH is 1. The second kappa shape index (κ2) is 7.84. The van der Waals surface area contributed by atoms with Gasteiger partial charge in [0.25, 0.3) is 0 Å². The highest BCUT2D eigenvalue weighted by atomic mass is 35.5. The second-order valence-electron chi connectivity index (χ2n) is 5.02. The third-order valence-electron chi connectivity index (χ3n) is 3.26. The molecule has 0 spiro atoms. The lowest BCUT2D eigenvalue weighted by Gasteiger charge is -2.23. The molecule has 1 atom stereocenters. The third-order valence-corrected chi connectivity index (χ3v) is 3.50. The van der Waals surface area contributed by atoms with Gasteiger partial charge in [-0.15, -0.1) is 0 Å². The standard InChI is InChI=1S/C15H21ClO4/c1-11-8-12(16)2-3-15(11)20-10-13(17)9-19-14-4-6-18-7-5-14/h2-3,8,13-14,17H,4-7,9-10H2,1H3. The van der Waals surface area contributed by atoms with E-state index in [2.05, 4.69) is 0 Å². The number of benzene rings is 1. The summed E-state index contributed by atoms with van der Waals surface area (Å²) in [6, 6.07) is 5.42. The first-order valence-corrected chi connectivity index (χ1v) is 7.29. The first kappa shape index (κ1) is 15.6. The normalized spacial score (nSPS) is 17.9.